The Bertz CT molecular complexity index is 155. The average Bonchev–Trinajstić information content (AvgIpc) is 2.27. The third-order valence-corrected chi connectivity index (χ3v) is 2.27. The van der Waals surface area contributed by atoms with Gasteiger partial charge in [-0.25, -0.2) is 0 Å². The smallest absolute Gasteiger partial charge is 0.0250 e. The largest absolute Gasteiger partial charge is 0.329 e. The van der Waals surface area contributed by atoms with Gasteiger partial charge in [-0.15, -0.1) is 0 Å². The minimum atomic E-state index is 0.00165. The molecule has 0 unspecified atom stereocenters. The van der Waals surface area contributed by atoms with Crippen LogP contribution in [0.4, 0.5) is 0 Å². The number of hydrogen-bond donors (Lipinski definition) is 4. The van der Waals surface area contributed by atoms with Crippen molar-refractivity contribution in [1.82, 2.24) is 10.6 Å². The highest BCUT2D eigenvalue weighted by molar-refractivity contribution is 4.86. The van der Waals surface area contributed by atoms with Crippen LogP contribution in [-0.2, 0) is 0 Å². The van der Waals surface area contributed by atoms with Gasteiger partial charge in [0.15, 0.2) is 0 Å². The van der Waals surface area contributed by atoms with E-state index in [0.717, 1.165) is 13.1 Å². The van der Waals surface area contributed by atoms with Gasteiger partial charge in [0.2, 0.25) is 0 Å². The highest BCUT2D eigenvalue weighted by Gasteiger charge is 2.21. The molecule has 0 aliphatic heterocycles. The van der Waals surface area contributed by atoms with Crippen LogP contribution in [0.25, 0.3) is 0 Å². The normalized spacial score (nSPS) is 12.0. The molecule has 4 nitrogen and oxygen atoms in total. The highest BCUT2D eigenvalue weighted by Crippen LogP contribution is 2.04. The van der Waals surface area contributed by atoms with Crippen LogP contribution < -0.4 is 22.1 Å². The molecule has 0 aliphatic rings. The molecule has 16 heavy (non-hydrogen) atoms. The van der Waals surface area contributed by atoms with Crippen molar-refractivity contribution in [3.63, 3.8) is 0 Å². The standard InChI is InChI=1S/C10H26N4.C2H6/c1-9(2,7-12)14-8-10(3,4)13-6-5-11;1-2/h13-14H,5-8,11-12H2,1-4H3;1-2H3. The van der Waals surface area contributed by atoms with Gasteiger partial charge in [-0.05, 0) is 27.7 Å². The molecule has 0 saturated heterocycles. The van der Waals surface area contributed by atoms with Gasteiger partial charge in [0.1, 0.15) is 0 Å². The van der Waals surface area contributed by atoms with Crippen molar-refractivity contribution in [2.24, 2.45) is 11.5 Å². The highest BCUT2D eigenvalue weighted by atomic mass is 15.1. The molecular formula is C12H32N4. The van der Waals surface area contributed by atoms with Gasteiger partial charge in [-0.3, -0.25) is 0 Å². The fraction of sp³-hybridized carbons (Fsp3) is 1.00. The van der Waals surface area contributed by atoms with Gasteiger partial charge in [0, 0.05) is 37.3 Å². The number of rotatable bonds is 7. The monoisotopic (exact) mass is 232 g/mol. The molecular weight excluding hydrogens is 200 g/mol. The van der Waals surface area contributed by atoms with Gasteiger partial charge in [-0.2, -0.15) is 0 Å². The Labute approximate surface area is 102 Å². The van der Waals surface area contributed by atoms with Crippen molar-refractivity contribution in [2.45, 2.75) is 52.6 Å². The van der Waals surface area contributed by atoms with E-state index in [9.17, 15) is 0 Å². The third-order valence-electron chi connectivity index (χ3n) is 2.27. The van der Waals surface area contributed by atoms with E-state index in [1.54, 1.807) is 0 Å². The molecule has 4 heteroatoms. The summed E-state index contributed by atoms with van der Waals surface area (Å²) in [4.78, 5) is 0. The first-order chi connectivity index (χ1) is 7.33. The Hall–Kier alpha value is -0.160. The molecule has 0 fully saturated rings. The average molecular weight is 232 g/mol. The Morgan fingerprint density at radius 2 is 1.38 bits per heavy atom. The third kappa shape index (κ3) is 10.4. The van der Waals surface area contributed by atoms with Crippen LogP contribution in [0.5, 0.6) is 0 Å². The summed E-state index contributed by atoms with van der Waals surface area (Å²) in [6.07, 6.45) is 0. The molecule has 0 aromatic heterocycles. The summed E-state index contributed by atoms with van der Waals surface area (Å²) in [6, 6.07) is 0. The fourth-order valence-corrected chi connectivity index (χ4v) is 1.01. The minimum absolute atomic E-state index is 0.00165. The van der Waals surface area contributed by atoms with Crippen LogP contribution in [0.3, 0.4) is 0 Å². The first-order valence-corrected chi connectivity index (χ1v) is 6.23. The van der Waals surface area contributed by atoms with Crippen molar-refractivity contribution < 1.29 is 0 Å². The van der Waals surface area contributed by atoms with E-state index in [2.05, 4.69) is 38.3 Å². The van der Waals surface area contributed by atoms with E-state index in [1.807, 2.05) is 13.8 Å². The van der Waals surface area contributed by atoms with E-state index in [0.29, 0.717) is 13.1 Å². The summed E-state index contributed by atoms with van der Waals surface area (Å²) in [7, 11) is 0. The minimum Gasteiger partial charge on any atom is -0.329 e. The molecule has 0 radical (unpaired) electrons. The fourth-order valence-electron chi connectivity index (χ4n) is 1.01. The first kappa shape index (κ1) is 18.2. The molecule has 6 N–H and O–H groups in total. The van der Waals surface area contributed by atoms with Crippen molar-refractivity contribution in [2.75, 3.05) is 26.2 Å². The SMILES string of the molecule is CC.CC(C)(CN)NCC(C)(C)NCCN. The van der Waals surface area contributed by atoms with Crippen LogP contribution in [-0.4, -0.2) is 37.3 Å². The van der Waals surface area contributed by atoms with Crippen molar-refractivity contribution >= 4 is 0 Å². The maximum Gasteiger partial charge on any atom is 0.0250 e. The van der Waals surface area contributed by atoms with Crippen LogP contribution in [0, 0.1) is 0 Å². The Morgan fingerprint density at radius 1 is 0.875 bits per heavy atom. The predicted molar refractivity (Wildman–Crippen MR) is 73.6 cm³/mol. The molecule has 0 aliphatic carbocycles. The molecule has 0 spiro atoms. The second-order valence-electron chi connectivity index (χ2n) is 5.04. The molecule has 0 amide bonds. The zero-order valence-electron chi connectivity index (χ0n) is 12.0. The first-order valence-electron chi connectivity index (χ1n) is 6.23. The van der Waals surface area contributed by atoms with Crippen LogP contribution in [0.1, 0.15) is 41.5 Å². The van der Waals surface area contributed by atoms with Crippen molar-refractivity contribution in [3.8, 4) is 0 Å². The summed E-state index contributed by atoms with van der Waals surface area (Å²) >= 11 is 0. The molecule has 0 bridgehead atoms. The number of nitrogens with two attached hydrogens (primary N) is 2. The summed E-state index contributed by atoms with van der Waals surface area (Å²) in [5.41, 5.74) is 11.1. The van der Waals surface area contributed by atoms with Crippen LogP contribution >= 0.6 is 0 Å². The van der Waals surface area contributed by atoms with E-state index in [-0.39, 0.29) is 11.1 Å². The Morgan fingerprint density at radius 3 is 1.75 bits per heavy atom. The van der Waals surface area contributed by atoms with E-state index in [1.165, 1.54) is 0 Å². The number of nitrogens with one attached hydrogen (secondary N) is 2. The van der Waals surface area contributed by atoms with E-state index >= 15 is 0 Å². The van der Waals surface area contributed by atoms with Gasteiger partial charge in [0.25, 0.3) is 0 Å². The lowest BCUT2D eigenvalue weighted by molar-refractivity contribution is 0.307. The quantitative estimate of drug-likeness (QED) is 0.520. The topological polar surface area (TPSA) is 76.1 Å². The maximum atomic E-state index is 5.63. The lowest BCUT2D eigenvalue weighted by Gasteiger charge is -2.32. The molecule has 0 rings (SSSR count). The molecule has 0 heterocycles. The lowest BCUT2D eigenvalue weighted by atomic mass is 10.0. The summed E-state index contributed by atoms with van der Waals surface area (Å²) < 4.78 is 0. The molecule has 100 valence electrons. The van der Waals surface area contributed by atoms with Gasteiger partial charge in [0.05, 0.1) is 0 Å². The summed E-state index contributed by atoms with van der Waals surface area (Å²) in [5.74, 6) is 0. The van der Waals surface area contributed by atoms with Gasteiger partial charge in [-0.1, -0.05) is 13.8 Å². The second kappa shape index (κ2) is 8.93. The molecule has 0 saturated carbocycles. The van der Waals surface area contributed by atoms with Gasteiger partial charge < -0.3 is 22.1 Å². The second-order valence-corrected chi connectivity index (χ2v) is 5.04. The van der Waals surface area contributed by atoms with E-state index in [4.69, 9.17) is 11.5 Å². The molecule has 0 aromatic carbocycles. The predicted octanol–water partition coefficient (Wildman–Crippen LogP) is 0.666. The molecule has 0 aromatic rings. The van der Waals surface area contributed by atoms with E-state index < -0.39 is 0 Å². The van der Waals surface area contributed by atoms with Crippen LogP contribution in [0.15, 0.2) is 0 Å². The Kier molecular flexibility index (Phi) is 10.2. The molecule has 0 atom stereocenters. The van der Waals surface area contributed by atoms with Crippen molar-refractivity contribution in [3.05, 3.63) is 0 Å². The summed E-state index contributed by atoms with van der Waals surface area (Å²) in [6.45, 7) is 15.6. The summed E-state index contributed by atoms with van der Waals surface area (Å²) in [5, 5.41) is 6.81. The number of hydrogen-bond acceptors (Lipinski definition) is 4. The van der Waals surface area contributed by atoms with Crippen molar-refractivity contribution in [1.29, 1.82) is 0 Å². The Balaban J connectivity index is 0. The zero-order chi connectivity index (χ0) is 13.2. The maximum absolute atomic E-state index is 5.63. The zero-order valence-corrected chi connectivity index (χ0v) is 12.0. The lowest BCUT2D eigenvalue weighted by Crippen LogP contribution is -2.56. The van der Waals surface area contributed by atoms with Crippen LogP contribution in [0.2, 0.25) is 0 Å². The van der Waals surface area contributed by atoms with Gasteiger partial charge >= 0.3 is 0 Å².